The monoisotopic (exact) mass is 294 g/mol. The highest BCUT2D eigenvalue weighted by Gasteiger charge is 2.38. The standard InChI is InChI=1S/C20H26N2/c1-2-13-21-15-19-14-20(18-11-7-4-8-12-18)22(19)16-17-9-5-3-6-10-17/h3-12,19-21H,2,13-16H2,1H3/t19-,20+/m0/s1. The van der Waals surface area contributed by atoms with E-state index in [9.17, 15) is 0 Å². The van der Waals surface area contributed by atoms with Crippen LogP contribution >= 0.6 is 0 Å². The second-order valence-electron chi connectivity index (χ2n) is 6.18. The van der Waals surface area contributed by atoms with E-state index in [1.54, 1.807) is 0 Å². The molecule has 1 aliphatic rings. The zero-order valence-corrected chi connectivity index (χ0v) is 13.4. The third-order valence-corrected chi connectivity index (χ3v) is 4.56. The molecule has 0 spiro atoms. The molecular formula is C20H26N2. The molecular weight excluding hydrogens is 268 g/mol. The van der Waals surface area contributed by atoms with Gasteiger partial charge in [0.25, 0.3) is 0 Å². The summed E-state index contributed by atoms with van der Waals surface area (Å²) < 4.78 is 0. The fraction of sp³-hybridized carbons (Fsp3) is 0.400. The molecule has 2 heteroatoms. The van der Waals surface area contributed by atoms with Crippen molar-refractivity contribution in [1.82, 2.24) is 10.2 Å². The number of nitrogens with one attached hydrogen (secondary N) is 1. The average Bonchev–Trinajstić information content (AvgIpc) is 2.57. The minimum atomic E-state index is 0.565. The zero-order chi connectivity index (χ0) is 15.2. The second-order valence-corrected chi connectivity index (χ2v) is 6.18. The number of benzene rings is 2. The van der Waals surface area contributed by atoms with Gasteiger partial charge in [-0.1, -0.05) is 67.6 Å². The van der Waals surface area contributed by atoms with Gasteiger partial charge in [0, 0.05) is 25.2 Å². The van der Waals surface area contributed by atoms with Gasteiger partial charge in [0.1, 0.15) is 0 Å². The van der Waals surface area contributed by atoms with E-state index in [4.69, 9.17) is 0 Å². The van der Waals surface area contributed by atoms with Crippen LogP contribution in [0.25, 0.3) is 0 Å². The molecule has 1 fully saturated rings. The van der Waals surface area contributed by atoms with Crippen molar-refractivity contribution in [3.8, 4) is 0 Å². The van der Waals surface area contributed by atoms with Crippen LogP contribution in [0, 0.1) is 0 Å². The second kappa shape index (κ2) is 7.57. The van der Waals surface area contributed by atoms with Gasteiger partial charge < -0.3 is 5.32 Å². The Hall–Kier alpha value is -1.64. The SMILES string of the molecule is CCCNC[C@@H]1C[C@H](c2ccccc2)N1Cc1ccccc1. The van der Waals surface area contributed by atoms with Crippen LogP contribution in [0.3, 0.4) is 0 Å². The molecule has 1 saturated heterocycles. The van der Waals surface area contributed by atoms with E-state index in [0.717, 1.165) is 19.6 Å². The summed E-state index contributed by atoms with van der Waals surface area (Å²) in [5.41, 5.74) is 2.86. The number of hydrogen-bond acceptors (Lipinski definition) is 2. The molecule has 2 nitrogen and oxygen atoms in total. The molecule has 0 bridgehead atoms. The zero-order valence-electron chi connectivity index (χ0n) is 13.4. The largest absolute Gasteiger partial charge is 0.315 e. The van der Waals surface area contributed by atoms with Crippen LogP contribution in [0.2, 0.25) is 0 Å². The van der Waals surface area contributed by atoms with Crippen molar-refractivity contribution in [2.45, 2.75) is 38.4 Å². The number of nitrogens with zero attached hydrogens (tertiary/aromatic N) is 1. The van der Waals surface area contributed by atoms with Gasteiger partial charge in [-0.2, -0.15) is 0 Å². The molecule has 1 N–H and O–H groups in total. The van der Waals surface area contributed by atoms with E-state index >= 15 is 0 Å². The topological polar surface area (TPSA) is 15.3 Å². The lowest BCUT2D eigenvalue weighted by Crippen LogP contribution is -2.54. The quantitative estimate of drug-likeness (QED) is 0.776. The predicted molar refractivity (Wildman–Crippen MR) is 92.7 cm³/mol. The fourth-order valence-corrected chi connectivity index (χ4v) is 3.33. The smallest absolute Gasteiger partial charge is 0.0370 e. The molecule has 0 aliphatic carbocycles. The van der Waals surface area contributed by atoms with E-state index in [1.807, 2.05) is 0 Å². The van der Waals surface area contributed by atoms with E-state index in [2.05, 4.69) is 77.8 Å². The highest BCUT2D eigenvalue weighted by Crippen LogP contribution is 2.39. The molecule has 2 aromatic carbocycles. The Morgan fingerprint density at radius 3 is 2.36 bits per heavy atom. The molecule has 22 heavy (non-hydrogen) atoms. The van der Waals surface area contributed by atoms with Crippen LogP contribution in [0.5, 0.6) is 0 Å². The molecule has 0 amide bonds. The van der Waals surface area contributed by atoms with E-state index in [-0.39, 0.29) is 0 Å². The molecule has 2 atom stereocenters. The first-order chi connectivity index (χ1) is 10.9. The summed E-state index contributed by atoms with van der Waals surface area (Å²) in [5, 5.41) is 3.58. The third kappa shape index (κ3) is 3.57. The molecule has 1 aliphatic heterocycles. The van der Waals surface area contributed by atoms with Gasteiger partial charge in [-0.25, -0.2) is 0 Å². The molecule has 0 saturated carbocycles. The summed E-state index contributed by atoms with van der Waals surface area (Å²) in [6, 6.07) is 23.0. The van der Waals surface area contributed by atoms with Gasteiger partial charge in [-0.05, 0) is 30.5 Å². The van der Waals surface area contributed by atoms with Gasteiger partial charge in [0.15, 0.2) is 0 Å². The minimum Gasteiger partial charge on any atom is -0.315 e. The van der Waals surface area contributed by atoms with Crippen LogP contribution in [0.4, 0.5) is 0 Å². The van der Waals surface area contributed by atoms with E-state index in [1.165, 1.54) is 24.0 Å². The maximum absolute atomic E-state index is 3.58. The van der Waals surface area contributed by atoms with Crippen LogP contribution in [-0.2, 0) is 6.54 Å². The molecule has 0 unspecified atom stereocenters. The molecule has 116 valence electrons. The highest BCUT2D eigenvalue weighted by atomic mass is 15.3. The molecule has 0 aromatic heterocycles. The van der Waals surface area contributed by atoms with Gasteiger partial charge >= 0.3 is 0 Å². The Morgan fingerprint density at radius 2 is 1.68 bits per heavy atom. The first kappa shape index (κ1) is 15.3. The predicted octanol–water partition coefficient (Wildman–Crippen LogP) is 4.00. The molecule has 3 rings (SSSR count). The van der Waals surface area contributed by atoms with Gasteiger partial charge in [0.2, 0.25) is 0 Å². The number of hydrogen-bond donors (Lipinski definition) is 1. The summed E-state index contributed by atoms with van der Waals surface area (Å²) in [7, 11) is 0. The Balaban J connectivity index is 1.69. The summed E-state index contributed by atoms with van der Waals surface area (Å²) >= 11 is 0. The van der Waals surface area contributed by atoms with Crippen molar-refractivity contribution >= 4 is 0 Å². The fourth-order valence-electron chi connectivity index (χ4n) is 3.33. The van der Waals surface area contributed by atoms with Gasteiger partial charge in [-0.3, -0.25) is 4.90 Å². The Kier molecular flexibility index (Phi) is 5.25. The van der Waals surface area contributed by atoms with Crippen molar-refractivity contribution in [1.29, 1.82) is 0 Å². The van der Waals surface area contributed by atoms with Crippen molar-refractivity contribution in [2.24, 2.45) is 0 Å². The maximum atomic E-state index is 3.58. The summed E-state index contributed by atoms with van der Waals surface area (Å²) in [6.07, 6.45) is 2.46. The van der Waals surface area contributed by atoms with E-state index < -0.39 is 0 Å². The number of rotatable bonds is 7. The maximum Gasteiger partial charge on any atom is 0.0370 e. The first-order valence-electron chi connectivity index (χ1n) is 8.44. The van der Waals surface area contributed by atoms with Crippen molar-refractivity contribution in [3.05, 3.63) is 71.8 Å². The van der Waals surface area contributed by atoms with Crippen LogP contribution in [0.15, 0.2) is 60.7 Å². The first-order valence-corrected chi connectivity index (χ1v) is 8.44. The lowest BCUT2D eigenvalue weighted by atomic mass is 9.86. The lowest BCUT2D eigenvalue weighted by Gasteiger charge is -2.49. The Bertz CT molecular complexity index is 552. The van der Waals surface area contributed by atoms with Crippen LogP contribution in [0.1, 0.15) is 36.9 Å². The number of likely N-dealkylation sites (tertiary alicyclic amines) is 1. The van der Waals surface area contributed by atoms with Crippen molar-refractivity contribution < 1.29 is 0 Å². The normalized spacial score (nSPS) is 21.5. The van der Waals surface area contributed by atoms with Crippen molar-refractivity contribution in [3.63, 3.8) is 0 Å². The minimum absolute atomic E-state index is 0.565. The third-order valence-electron chi connectivity index (χ3n) is 4.56. The summed E-state index contributed by atoms with van der Waals surface area (Å²) in [6.45, 7) is 5.48. The summed E-state index contributed by atoms with van der Waals surface area (Å²) in [5.74, 6) is 0. The lowest BCUT2D eigenvalue weighted by molar-refractivity contribution is 0.00586. The molecule has 1 heterocycles. The molecule has 2 aromatic rings. The average molecular weight is 294 g/mol. The summed E-state index contributed by atoms with van der Waals surface area (Å²) in [4.78, 5) is 2.65. The Morgan fingerprint density at radius 1 is 1.00 bits per heavy atom. The highest BCUT2D eigenvalue weighted by molar-refractivity contribution is 5.24. The van der Waals surface area contributed by atoms with Crippen LogP contribution < -0.4 is 5.32 Å². The van der Waals surface area contributed by atoms with E-state index in [0.29, 0.717) is 12.1 Å². The Labute approximate surface area is 134 Å². The van der Waals surface area contributed by atoms with Crippen molar-refractivity contribution in [2.75, 3.05) is 13.1 Å². The van der Waals surface area contributed by atoms with Crippen LogP contribution in [-0.4, -0.2) is 24.0 Å². The molecule has 0 radical (unpaired) electrons. The van der Waals surface area contributed by atoms with Gasteiger partial charge in [-0.15, -0.1) is 0 Å². The van der Waals surface area contributed by atoms with Gasteiger partial charge in [0.05, 0.1) is 0 Å².